The number of carbonyl (C=O) groups excluding carboxylic acids is 2. The van der Waals surface area contributed by atoms with Crippen LogP contribution in [0.2, 0.25) is 0 Å². The molecule has 3 aromatic carbocycles. The van der Waals surface area contributed by atoms with Crippen LogP contribution < -0.4 is 23.8 Å². The molecule has 3 aromatic rings. The summed E-state index contributed by atoms with van der Waals surface area (Å²) in [6, 6.07) is 17.6. The normalized spacial score (nSPS) is 14.2. The lowest BCUT2D eigenvalue weighted by molar-refractivity contribution is -0.139. The monoisotopic (exact) mass is 637 g/mol. The number of nitrogens with one attached hydrogen (secondary N) is 1. The first kappa shape index (κ1) is 33.6. The second-order valence-electron chi connectivity index (χ2n) is 11.3. The first-order chi connectivity index (χ1) is 21.6. The van der Waals surface area contributed by atoms with Crippen molar-refractivity contribution in [2.45, 2.75) is 69.5 Å². The third-order valence-electron chi connectivity index (χ3n) is 8.15. The second kappa shape index (κ2) is 15.2. The van der Waals surface area contributed by atoms with Crippen LogP contribution in [-0.2, 0) is 26.2 Å². The van der Waals surface area contributed by atoms with E-state index in [1.165, 1.54) is 37.3 Å². The number of hydrogen-bond acceptors (Lipinski definition) is 7. The smallest absolute Gasteiger partial charge is 0.264 e. The van der Waals surface area contributed by atoms with E-state index in [0.717, 1.165) is 47.5 Å². The van der Waals surface area contributed by atoms with Gasteiger partial charge in [-0.05, 0) is 68.7 Å². The molecule has 0 saturated heterocycles. The van der Waals surface area contributed by atoms with Crippen LogP contribution in [0.1, 0.15) is 50.2 Å². The minimum absolute atomic E-state index is 0.0527. The van der Waals surface area contributed by atoms with Crippen LogP contribution in [0.15, 0.2) is 71.6 Å². The molecule has 11 heteroatoms. The Bertz CT molecular complexity index is 1570. The number of hydrogen-bond donors (Lipinski definition) is 1. The largest absolute Gasteiger partial charge is 0.497 e. The number of anilines is 1. The van der Waals surface area contributed by atoms with Gasteiger partial charge in [-0.25, -0.2) is 8.42 Å². The van der Waals surface area contributed by atoms with Crippen LogP contribution in [0.3, 0.4) is 0 Å². The van der Waals surface area contributed by atoms with Gasteiger partial charge < -0.3 is 24.4 Å². The van der Waals surface area contributed by atoms with E-state index >= 15 is 0 Å². The van der Waals surface area contributed by atoms with Gasteiger partial charge in [-0.1, -0.05) is 49.1 Å². The molecule has 2 amide bonds. The van der Waals surface area contributed by atoms with Gasteiger partial charge in [0.1, 0.15) is 18.3 Å². The van der Waals surface area contributed by atoms with E-state index in [1.807, 2.05) is 19.1 Å². The molecule has 0 unspecified atom stereocenters. The Morgan fingerprint density at radius 2 is 1.58 bits per heavy atom. The van der Waals surface area contributed by atoms with E-state index in [9.17, 15) is 18.0 Å². The number of sulfonamides is 1. The van der Waals surface area contributed by atoms with Crippen molar-refractivity contribution in [1.82, 2.24) is 10.2 Å². The summed E-state index contributed by atoms with van der Waals surface area (Å²) >= 11 is 0. The van der Waals surface area contributed by atoms with E-state index < -0.39 is 28.5 Å². The summed E-state index contributed by atoms with van der Waals surface area (Å²) in [4.78, 5) is 29.1. The number of benzene rings is 3. The predicted molar refractivity (Wildman–Crippen MR) is 173 cm³/mol. The van der Waals surface area contributed by atoms with Crippen LogP contribution in [0.25, 0.3) is 0 Å². The van der Waals surface area contributed by atoms with Crippen molar-refractivity contribution in [2.75, 3.05) is 32.2 Å². The van der Waals surface area contributed by atoms with Crippen LogP contribution in [-0.4, -0.2) is 65.1 Å². The first-order valence-corrected chi connectivity index (χ1v) is 16.6. The van der Waals surface area contributed by atoms with Gasteiger partial charge in [0.2, 0.25) is 11.8 Å². The van der Waals surface area contributed by atoms with Crippen molar-refractivity contribution in [3.05, 3.63) is 77.9 Å². The fourth-order valence-electron chi connectivity index (χ4n) is 5.46. The molecule has 1 N–H and O–H groups in total. The maximum atomic E-state index is 14.3. The summed E-state index contributed by atoms with van der Waals surface area (Å²) in [5.74, 6) is 0.408. The molecule has 45 heavy (non-hydrogen) atoms. The summed E-state index contributed by atoms with van der Waals surface area (Å²) in [7, 11) is 0.167. The Labute approximate surface area is 266 Å². The lowest BCUT2D eigenvalue weighted by Crippen LogP contribution is -2.53. The van der Waals surface area contributed by atoms with Gasteiger partial charge in [-0.15, -0.1) is 0 Å². The summed E-state index contributed by atoms with van der Waals surface area (Å²) in [6.07, 6.45) is 5.03. The third kappa shape index (κ3) is 8.27. The molecule has 1 saturated carbocycles. The molecule has 0 radical (unpaired) electrons. The van der Waals surface area contributed by atoms with Gasteiger partial charge >= 0.3 is 0 Å². The fraction of sp³-hybridized carbons (Fsp3) is 0.412. The summed E-state index contributed by atoms with van der Waals surface area (Å²) in [5.41, 5.74) is 1.98. The number of methoxy groups -OCH3 is 3. The highest BCUT2D eigenvalue weighted by atomic mass is 32.2. The number of aryl methyl sites for hydroxylation is 1. The molecule has 1 atom stereocenters. The molecule has 4 rings (SSSR count). The zero-order valence-electron chi connectivity index (χ0n) is 26.6. The molecule has 0 heterocycles. The fourth-order valence-corrected chi connectivity index (χ4v) is 6.89. The predicted octanol–water partition coefficient (Wildman–Crippen LogP) is 5.08. The molecule has 242 valence electrons. The summed E-state index contributed by atoms with van der Waals surface area (Å²) in [5, 5.41) is 3.12. The maximum Gasteiger partial charge on any atom is 0.264 e. The number of rotatable bonds is 13. The second-order valence-corrected chi connectivity index (χ2v) is 13.1. The van der Waals surface area contributed by atoms with Crippen LogP contribution in [0.5, 0.6) is 17.2 Å². The van der Waals surface area contributed by atoms with Crippen LogP contribution in [0.4, 0.5) is 5.69 Å². The van der Waals surface area contributed by atoms with Crippen molar-refractivity contribution in [1.29, 1.82) is 0 Å². The van der Waals surface area contributed by atoms with Gasteiger partial charge in [0, 0.05) is 18.7 Å². The average molecular weight is 638 g/mol. The van der Waals surface area contributed by atoms with Crippen molar-refractivity contribution in [3.8, 4) is 17.2 Å². The van der Waals surface area contributed by atoms with E-state index in [0.29, 0.717) is 17.2 Å². The van der Waals surface area contributed by atoms with Crippen molar-refractivity contribution >= 4 is 27.5 Å². The Morgan fingerprint density at radius 1 is 0.889 bits per heavy atom. The summed E-state index contributed by atoms with van der Waals surface area (Å²) in [6.45, 7) is 3.11. The van der Waals surface area contributed by atoms with E-state index in [1.54, 1.807) is 50.4 Å². The Hall–Kier alpha value is -4.25. The third-order valence-corrected chi connectivity index (χ3v) is 9.92. The summed E-state index contributed by atoms with van der Waals surface area (Å²) < 4.78 is 45.5. The standard InChI is InChI=1S/C34H43N3O7S/c1-24-14-16-28(17-15-24)37(45(40,41)30-18-19-31(43-4)32(21-30)44-5)23-33(38)36(22-26-10-9-13-29(20-26)42-3)25(2)34(39)35-27-11-7-6-8-12-27/h9-10,13-21,25,27H,6-8,11-12,22-23H2,1-5H3,(H,35,39)/t25-/m1/s1. The molecule has 1 fully saturated rings. The molecule has 0 bridgehead atoms. The first-order valence-electron chi connectivity index (χ1n) is 15.1. The van der Waals surface area contributed by atoms with E-state index in [4.69, 9.17) is 14.2 Å². The van der Waals surface area contributed by atoms with Gasteiger partial charge in [-0.3, -0.25) is 13.9 Å². The molecular formula is C34H43N3O7S. The zero-order valence-corrected chi connectivity index (χ0v) is 27.4. The van der Waals surface area contributed by atoms with Crippen molar-refractivity contribution < 1.29 is 32.2 Å². The zero-order chi connectivity index (χ0) is 32.6. The number of carbonyl (C=O) groups is 2. The lowest BCUT2D eigenvalue weighted by Gasteiger charge is -2.33. The van der Waals surface area contributed by atoms with Crippen LogP contribution >= 0.6 is 0 Å². The van der Waals surface area contributed by atoms with E-state index in [-0.39, 0.29) is 29.1 Å². The van der Waals surface area contributed by atoms with Gasteiger partial charge in [-0.2, -0.15) is 0 Å². The topological polar surface area (TPSA) is 114 Å². The van der Waals surface area contributed by atoms with Crippen molar-refractivity contribution in [3.63, 3.8) is 0 Å². The van der Waals surface area contributed by atoms with Gasteiger partial charge in [0.05, 0.1) is 31.9 Å². The molecule has 0 spiro atoms. The highest BCUT2D eigenvalue weighted by Crippen LogP contribution is 2.32. The minimum atomic E-state index is -4.28. The molecule has 1 aliphatic carbocycles. The molecule has 10 nitrogen and oxygen atoms in total. The SMILES string of the molecule is COc1cccc(CN(C(=O)CN(c2ccc(C)cc2)S(=O)(=O)c2ccc(OC)c(OC)c2)[C@H](C)C(=O)NC2CCCCC2)c1. The minimum Gasteiger partial charge on any atom is -0.497 e. The van der Waals surface area contributed by atoms with Crippen LogP contribution in [0, 0.1) is 6.92 Å². The maximum absolute atomic E-state index is 14.3. The highest BCUT2D eigenvalue weighted by molar-refractivity contribution is 7.92. The number of nitrogens with zero attached hydrogens (tertiary/aromatic N) is 2. The lowest BCUT2D eigenvalue weighted by atomic mass is 9.95. The van der Waals surface area contributed by atoms with Gasteiger partial charge in [0.15, 0.2) is 11.5 Å². The quantitative estimate of drug-likeness (QED) is 0.278. The molecule has 0 aliphatic heterocycles. The van der Waals surface area contributed by atoms with Gasteiger partial charge in [0.25, 0.3) is 10.0 Å². The highest BCUT2D eigenvalue weighted by Gasteiger charge is 2.33. The number of amides is 2. The Morgan fingerprint density at radius 3 is 2.22 bits per heavy atom. The molecule has 0 aromatic heterocycles. The Balaban J connectivity index is 1.71. The molecular weight excluding hydrogens is 594 g/mol. The molecule has 1 aliphatic rings. The number of ether oxygens (including phenoxy) is 3. The Kier molecular flexibility index (Phi) is 11.3. The van der Waals surface area contributed by atoms with Crippen molar-refractivity contribution in [2.24, 2.45) is 0 Å². The van der Waals surface area contributed by atoms with E-state index in [2.05, 4.69) is 5.32 Å². The average Bonchev–Trinajstić information content (AvgIpc) is 3.06.